The molecule has 1 saturated carbocycles. The third kappa shape index (κ3) is 17.7. The lowest BCUT2D eigenvalue weighted by Gasteiger charge is -2.41. The maximum absolute atomic E-state index is 12.7. The van der Waals surface area contributed by atoms with Crippen molar-refractivity contribution in [3.8, 4) is 0 Å². The topological polar surface area (TPSA) is 206 Å². The second-order valence-electron chi connectivity index (χ2n) is 12.4. The minimum Gasteiger partial charge on any atom is -0.387 e. The van der Waals surface area contributed by atoms with Gasteiger partial charge in [-0.25, -0.2) is 4.57 Å². The van der Waals surface area contributed by atoms with E-state index in [9.17, 15) is 44.9 Å². The van der Waals surface area contributed by atoms with Crippen LogP contribution in [0.3, 0.4) is 0 Å². The fourth-order valence-corrected chi connectivity index (χ4v) is 6.34. The zero-order valence-corrected chi connectivity index (χ0v) is 28.3. The van der Waals surface area contributed by atoms with Gasteiger partial charge in [0.1, 0.15) is 36.6 Å². The number of aliphatic hydroxyl groups excluding tert-OH is 6. The van der Waals surface area contributed by atoms with E-state index in [4.69, 9.17) is 9.05 Å². The number of carbonyl (C=O) groups excluding carboxylic acids is 1. The number of unbranched alkanes of at least 4 members (excludes halogenated alkanes) is 15. The maximum atomic E-state index is 12.7. The lowest BCUT2D eigenvalue weighted by molar-refractivity contribution is -0.220. The highest BCUT2D eigenvalue weighted by Crippen LogP contribution is 2.47. The number of hydrogen-bond acceptors (Lipinski definition) is 10. The van der Waals surface area contributed by atoms with Crippen molar-refractivity contribution in [2.45, 2.75) is 178 Å². The van der Waals surface area contributed by atoms with Crippen LogP contribution in [0.4, 0.5) is 0 Å². The van der Waals surface area contributed by atoms with Gasteiger partial charge in [0, 0.05) is 6.42 Å². The van der Waals surface area contributed by atoms with Gasteiger partial charge < -0.3 is 40.8 Å². The van der Waals surface area contributed by atoms with E-state index in [0.717, 1.165) is 57.8 Å². The molecule has 0 bridgehead atoms. The highest BCUT2D eigenvalue weighted by molar-refractivity contribution is 7.47. The van der Waals surface area contributed by atoms with Gasteiger partial charge in [-0.05, 0) is 19.3 Å². The molecule has 0 aromatic heterocycles. The SMILES string of the molecule is CCCCCCCCCCC/C=C/[C@@H](O)[C@H](COP(=O)(O)OC1C(O)C(O)C(O)[C@@H](O)C1O)NC(=O)CCCCCCCCC. The summed E-state index contributed by atoms with van der Waals surface area (Å²) in [7, 11) is -5.05. The number of rotatable bonds is 26. The fourth-order valence-electron chi connectivity index (χ4n) is 5.37. The Bertz CT molecular complexity index is 832. The van der Waals surface area contributed by atoms with Crippen molar-refractivity contribution >= 4 is 13.7 Å². The molecule has 1 aliphatic carbocycles. The quantitative estimate of drug-likeness (QED) is 0.0379. The molecule has 13 heteroatoms. The van der Waals surface area contributed by atoms with Crippen LogP contribution in [-0.2, 0) is 18.4 Å². The smallest absolute Gasteiger partial charge is 0.387 e. The van der Waals surface area contributed by atoms with Gasteiger partial charge in [-0.2, -0.15) is 0 Å². The van der Waals surface area contributed by atoms with Crippen LogP contribution in [0.2, 0.25) is 0 Å². The van der Waals surface area contributed by atoms with E-state index in [1.165, 1.54) is 51.0 Å². The van der Waals surface area contributed by atoms with Crippen molar-refractivity contribution in [3.63, 3.8) is 0 Å². The number of aliphatic hydroxyl groups is 6. The molecule has 0 aromatic rings. The second kappa shape index (κ2) is 24.3. The van der Waals surface area contributed by atoms with Gasteiger partial charge in [0.05, 0.1) is 18.8 Å². The van der Waals surface area contributed by atoms with Gasteiger partial charge in [0.15, 0.2) is 0 Å². The van der Waals surface area contributed by atoms with Crippen molar-refractivity contribution in [2.75, 3.05) is 6.61 Å². The molecule has 8 N–H and O–H groups in total. The molecular formula is C32H62NO11P. The van der Waals surface area contributed by atoms with Crippen molar-refractivity contribution in [1.29, 1.82) is 0 Å². The first-order chi connectivity index (χ1) is 21.4. The first-order valence-electron chi connectivity index (χ1n) is 17.1. The molecule has 0 saturated heterocycles. The lowest BCUT2D eigenvalue weighted by atomic mass is 9.85. The number of nitrogens with one attached hydrogen (secondary N) is 1. The molecular weight excluding hydrogens is 605 g/mol. The van der Waals surface area contributed by atoms with Gasteiger partial charge in [-0.3, -0.25) is 13.8 Å². The summed E-state index contributed by atoms with van der Waals surface area (Å²) in [4.78, 5) is 23.0. The highest BCUT2D eigenvalue weighted by Gasteiger charge is 2.51. The van der Waals surface area contributed by atoms with Crippen LogP contribution in [0.1, 0.15) is 129 Å². The summed E-state index contributed by atoms with van der Waals surface area (Å²) in [6.07, 6.45) is 9.11. The third-order valence-electron chi connectivity index (χ3n) is 8.32. The largest absolute Gasteiger partial charge is 0.472 e. The Labute approximate surface area is 269 Å². The van der Waals surface area contributed by atoms with E-state index in [1.54, 1.807) is 6.08 Å². The standard InChI is InChI=1S/C32H62NO11P/c1-3-5-7-9-11-12-13-14-16-17-19-21-25(34)24(33-26(35)22-20-18-15-10-8-6-4-2)23-43-45(41,42)44-32-30(39)28(37)27(36)29(38)31(32)40/h19,21,24-25,27-32,34,36-40H,3-18,20,22-23H2,1-2H3,(H,33,35)(H,41,42)/b21-19+/t24-,25+,27?,28+,29?,30?,31?,32?/m0/s1. The van der Waals surface area contributed by atoms with Crippen LogP contribution in [-0.4, -0.2) is 96.8 Å². The predicted molar refractivity (Wildman–Crippen MR) is 172 cm³/mol. The number of carbonyl (C=O) groups is 1. The molecule has 0 radical (unpaired) electrons. The van der Waals surface area contributed by atoms with Gasteiger partial charge in [0.25, 0.3) is 0 Å². The summed E-state index contributed by atoms with van der Waals surface area (Å²) < 4.78 is 22.6. The number of amides is 1. The monoisotopic (exact) mass is 667 g/mol. The molecule has 0 spiro atoms. The summed E-state index contributed by atoms with van der Waals surface area (Å²) >= 11 is 0. The van der Waals surface area contributed by atoms with Crippen LogP contribution in [0, 0.1) is 0 Å². The Balaban J connectivity index is 2.68. The van der Waals surface area contributed by atoms with Crippen molar-refractivity contribution in [2.24, 2.45) is 0 Å². The molecule has 0 heterocycles. The average Bonchev–Trinajstić information content (AvgIpc) is 3.01. The Kier molecular flexibility index (Phi) is 22.7. The second-order valence-corrected chi connectivity index (χ2v) is 13.8. The number of phosphoric acid groups is 1. The van der Waals surface area contributed by atoms with Gasteiger partial charge in [-0.1, -0.05) is 116 Å². The number of allylic oxidation sites excluding steroid dienone is 1. The van der Waals surface area contributed by atoms with Gasteiger partial charge in [0.2, 0.25) is 5.91 Å². The molecule has 1 amide bonds. The predicted octanol–water partition coefficient (Wildman–Crippen LogP) is 3.77. The van der Waals surface area contributed by atoms with E-state index in [1.807, 2.05) is 0 Å². The first-order valence-corrected chi connectivity index (χ1v) is 18.6. The summed E-state index contributed by atoms with van der Waals surface area (Å²) in [5.74, 6) is -0.351. The van der Waals surface area contributed by atoms with E-state index < -0.39 is 63.2 Å². The molecule has 1 rings (SSSR count). The zero-order valence-electron chi connectivity index (χ0n) is 27.4. The number of phosphoric ester groups is 1. The Morgan fingerprint density at radius 3 is 1.69 bits per heavy atom. The molecule has 9 atom stereocenters. The van der Waals surface area contributed by atoms with Crippen LogP contribution in [0.15, 0.2) is 12.2 Å². The molecule has 6 unspecified atom stereocenters. The molecule has 12 nitrogen and oxygen atoms in total. The molecule has 0 aromatic carbocycles. The minimum absolute atomic E-state index is 0.213. The Hall–Kier alpha value is -0.920. The molecule has 0 aliphatic heterocycles. The van der Waals surface area contributed by atoms with E-state index in [-0.39, 0.29) is 12.3 Å². The highest BCUT2D eigenvalue weighted by atomic mass is 31.2. The molecule has 1 fully saturated rings. The summed E-state index contributed by atoms with van der Waals surface area (Å²) in [6.45, 7) is 3.70. The van der Waals surface area contributed by atoms with Crippen molar-refractivity contribution in [1.82, 2.24) is 5.32 Å². The van der Waals surface area contributed by atoms with Gasteiger partial charge in [-0.15, -0.1) is 0 Å². The minimum atomic E-state index is -5.05. The fraction of sp³-hybridized carbons (Fsp3) is 0.906. The van der Waals surface area contributed by atoms with Crippen LogP contribution in [0.25, 0.3) is 0 Å². The summed E-state index contributed by atoms with van der Waals surface area (Å²) in [5, 5.41) is 63.3. The number of hydrogen-bond donors (Lipinski definition) is 8. The van der Waals surface area contributed by atoms with E-state index in [2.05, 4.69) is 19.2 Å². The van der Waals surface area contributed by atoms with Gasteiger partial charge >= 0.3 is 7.82 Å². The third-order valence-corrected chi connectivity index (χ3v) is 9.30. The van der Waals surface area contributed by atoms with Crippen molar-refractivity contribution < 1.29 is 53.9 Å². The zero-order chi connectivity index (χ0) is 33.7. The first kappa shape index (κ1) is 42.1. The maximum Gasteiger partial charge on any atom is 0.472 e. The molecule has 266 valence electrons. The lowest BCUT2D eigenvalue weighted by Crippen LogP contribution is -2.64. The van der Waals surface area contributed by atoms with Crippen LogP contribution >= 0.6 is 7.82 Å². The van der Waals surface area contributed by atoms with Crippen molar-refractivity contribution in [3.05, 3.63) is 12.2 Å². The molecule has 1 aliphatic rings. The Morgan fingerprint density at radius 1 is 0.733 bits per heavy atom. The Morgan fingerprint density at radius 2 is 1.18 bits per heavy atom. The normalized spacial score (nSPS) is 26.5. The average molecular weight is 668 g/mol. The van der Waals surface area contributed by atoms with E-state index >= 15 is 0 Å². The van der Waals surface area contributed by atoms with Crippen LogP contribution in [0.5, 0.6) is 0 Å². The summed E-state index contributed by atoms with van der Waals surface area (Å²) in [6, 6.07) is -1.11. The molecule has 45 heavy (non-hydrogen) atoms. The van der Waals surface area contributed by atoms with Crippen LogP contribution < -0.4 is 5.32 Å². The van der Waals surface area contributed by atoms with E-state index in [0.29, 0.717) is 6.42 Å². The summed E-state index contributed by atoms with van der Waals surface area (Å²) in [5.41, 5.74) is 0.